The third-order valence-electron chi connectivity index (χ3n) is 3.68. The predicted molar refractivity (Wildman–Crippen MR) is 77.1 cm³/mol. The maximum atomic E-state index is 11.6. The lowest BCUT2D eigenvalue weighted by atomic mass is 9.85. The summed E-state index contributed by atoms with van der Waals surface area (Å²) in [5.74, 6) is -1.41. The zero-order valence-corrected chi connectivity index (χ0v) is 12.3. The van der Waals surface area contributed by atoms with E-state index in [4.69, 9.17) is 9.52 Å². The van der Waals surface area contributed by atoms with Crippen LogP contribution in [0.5, 0.6) is 0 Å². The molecule has 2 rings (SSSR count). The SMILES string of the molecule is CCn1c(=O)oc2cc(C(O)CC(C)(C)C(=O)O)ccc21. The van der Waals surface area contributed by atoms with Gasteiger partial charge in [0.15, 0.2) is 5.58 Å². The molecule has 0 aliphatic rings. The minimum absolute atomic E-state index is 0.0760. The van der Waals surface area contributed by atoms with E-state index in [0.717, 1.165) is 0 Å². The Balaban J connectivity index is 2.35. The standard InChI is InChI=1S/C15H19NO5/c1-4-16-10-6-5-9(7-12(10)21-14(16)20)11(17)8-15(2,3)13(18)19/h5-7,11,17H,4,8H2,1-3H3,(H,18,19). The molecule has 6 nitrogen and oxygen atoms in total. The molecule has 0 saturated heterocycles. The number of hydrogen-bond donors (Lipinski definition) is 2. The van der Waals surface area contributed by atoms with Crippen molar-refractivity contribution in [2.75, 3.05) is 0 Å². The molecule has 0 aliphatic heterocycles. The lowest BCUT2D eigenvalue weighted by molar-refractivity contribution is -0.148. The van der Waals surface area contributed by atoms with Gasteiger partial charge in [-0.1, -0.05) is 6.07 Å². The van der Waals surface area contributed by atoms with Crippen molar-refractivity contribution in [3.8, 4) is 0 Å². The molecule has 0 saturated carbocycles. The fourth-order valence-electron chi connectivity index (χ4n) is 2.28. The number of fused-ring (bicyclic) bond motifs is 1. The lowest BCUT2D eigenvalue weighted by Crippen LogP contribution is -2.26. The molecule has 0 fully saturated rings. The van der Waals surface area contributed by atoms with Gasteiger partial charge in [-0.15, -0.1) is 0 Å². The third-order valence-corrected chi connectivity index (χ3v) is 3.68. The van der Waals surface area contributed by atoms with E-state index >= 15 is 0 Å². The summed E-state index contributed by atoms with van der Waals surface area (Å²) < 4.78 is 6.63. The number of hydrogen-bond acceptors (Lipinski definition) is 4. The normalized spacial score (nSPS) is 13.5. The quantitative estimate of drug-likeness (QED) is 0.881. The van der Waals surface area contributed by atoms with Gasteiger partial charge in [0.1, 0.15) is 0 Å². The summed E-state index contributed by atoms with van der Waals surface area (Å²) in [6.07, 6.45) is -0.859. The molecule has 21 heavy (non-hydrogen) atoms. The maximum Gasteiger partial charge on any atom is 0.419 e. The maximum absolute atomic E-state index is 11.6. The first-order chi connectivity index (χ1) is 9.76. The van der Waals surface area contributed by atoms with Crippen LogP contribution in [-0.4, -0.2) is 20.7 Å². The largest absolute Gasteiger partial charge is 0.481 e. The Labute approximate surface area is 121 Å². The van der Waals surface area contributed by atoms with Crippen molar-refractivity contribution in [3.05, 3.63) is 34.3 Å². The number of oxazole rings is 1. The van der Waals surface area contributed by atoms with Gasteiger partial charge >= 0.3 is 11.7 Å². The number of carboxylic acid groups (broad SMARTS) is 1. The third kappa shape index (κ3) is 2.85. The highest BCUT2D eigenvalue weighted by molar-refractivity contribution is 5.75. The average Bonchev–Trinajstić information content (AvgIpc) is 2.71. The van der Waals surface area contributed by atoms with Gasteiger partial charge in [-0.05, 0) is 44.9 Å². The number of aliphatic hydroxyl groups is 1. The van der Waals surface area contributed by atoms with E-state index in [1.807, 2.05) is 6.92 Å². The van der Waals surface area contributed by atoms with Gasteiger partial charge in [0.25, 0.3) is 0 Å². The van der Waals surface area contributed by atoms with Crippen LogP contribution in [0, 0.1) is 5.41 Å². The predicted octanol–water partition coefficient (Wildman–Crippen LogP) is 2.15. The van der Waals surface area contributed by atoms with Crippen LogP contribution in [0.1, 0.15) is 38.9 Å². The number of aromatic nitrogens is 1. The highest BCUT2D eigenvalue weighted by atomic mass is 16.4. The van der Waals surface area contributed by atoms with Gasteiger partial charge in [0.2, 0.25) is 0 Å². The van der Waals surface area contributed by atoms with Gasteiger partial charge in [-0.2, -0.15) is 0 Å². The number of benzene rings is 1. The van der Waals surface area contributed by atoms with Crippen molar-refractivity contribution in [1.82, 2.24) is 4.57 Å². The van der Waals surface area contributed by atoms with E-state index in [1.54, 1.807) is 32.0 Å². The monoisotopic (exact) mass is 293 g/mol. The van der Waals surface area contributed by atoms with Crippen LogP contribution in [0.2, 0.25) is 0 Å². The van der Waals surface area contributed by atoms with Gasteiger partial charge in [0.05, 0.1) is 17.0 Å². The summed E-state index contributed by atoms with van der Waals surface area (Å²) in [5.41, 5.74) is 0.557. The molecular weight excluding hydrogens is 274 g/mol. The summed E-state index contributed by atoms with van der Waals surface area (Å²) in [5, 5.41) is 19.3. The Morgan fingerprint density at radius 1 is 1.43 bits per heavy atom. The minimum atomic E-state index is -1.04. The fraction of sp³-hybridized carbons (Fsp3) is 0.467. The van der Waals surface area contributed by atoms with Gasteiger partial charge in [-0.3, -0.25) is 9.36 Å². The summed E-state index contributed by atoms with van der Waals surface area (Å²) >= 11 is 0. The van der Waals surface area contributed by atoms with Crippen molar-refractivity contribution >= 4 is 17.1 Å². The Morgan fingerprint density at radius 3 is 2.67 bits per heavy atom. The molecule has 1 aromatic heterocycles. The number of aryl methyl sites for hydroxylation is 1. The van der Waals surface area contributed by atoms with Crippen LogP contribution in [0.3, 0.4) is 0 Å². The molecule has 0 spiro atoms. The molecule has 114 valence electrons. The van der Waals surface area contributed by atoms with E-state index in [9.17, 15) is 14.7 Å². The van der Waals surface area contributed by atoms with E-state index in [0.29, 0.717) is 23.2 Å². The summed E-state index contributed by atoms with van der Waals surface area (Å²) in [6, 6.07) is 4.98. The van der Waals surface area contributed by atoms with Crippen LogP contribution in [-0.2, 0) is 11.3 Å². The number of nitrogens with zero attached hydrogens (tertiary/aromatic N) is 1. The second-order valence-electron chi connectivity index (χ2n) is 5.75. The average molecular weight is 293 g/mol. The van der Waals surface area contributed by atoms with Gasteiger partial charge < -0.3 is 14.6 Å². The number of carboxylic acids is 1. The number of rotatable bonds is 5. The Bertz CT molecular complexity index is 725. The van der Waals surface area contributed by atoms with Crippen LogP contribution < -0.4 is 5.76 Å². The van der Waals surface area contributed by atoms with Crippen LogP contribution >= 0.6 is 0 Å². The summed E-state index contributed by atoms with van der Waals surface area (Å²) in [4.78, 5) is 22.7. The van der Waals surface area contributed by atoms with Crippen molar-refractivity contribution < 1.29 is 19.4 Å². The molecule has 0 aliphatic carbocycles. The molecule has 0 bridgehead atoms. The molecule has 1 heterocycles. The van der Waals surface area contributed by atoms with E-state index < -0.39 is 23.2 Å². The van der Waals surface area contributed by atoms with Crippen LogP contribution in [0.15, 0.2) is 27.4 Å². The van der Waals surface area contributed by atoms with Gasteiger partial charge in [0, 0.05) is 6.54 Å². The van der Waals surface area contributed by atoms with Crippen molar-refractivity contribution in [2.24, 2.45) is 5.41 Å². The summed E-state index contributed by atoms with van der Waals surface area (Å²) in [6.45, 7) is 5.46. The first kappa shape index (κ1) is 15.3. The van der Waals surface area contributed by atoms with Crippen LogP contribution in [0.25, 0.3) is 11.1 Å². The molecule has 1 atom stereocenters. The highest BCUT2D eigenvalue weighted by Crippen LogP contribution is 2.31. The lowest BCUT2D eigenvalue weighted by Gasteiger charge is -2.22. The number of aliphatic hydroxyl groups excluding tert-OH is 1. The first-order valence-corrected chi connectivity index (χ1v) is 6.81. The van der Waals surface area contributed by atoms with Crippen molar-refractivity contribution in [1.29, 1.82) is 0 Å². The Morgan fingerprint density at radius 2 is 2.10 bits per heavy atom. The second-order valence-corrected chi connectivity index (χ2v) is 5.75. The van der Waals surface area contributed by atoms with E-state index in [-0.39, 0.29) is 6.42 Å². The molecule has 1 aromatic carbocycles. The smallest absolute Gasteiger partial charge is 0.419 e. The molecule has 0 amide bonds. The highest BCUT2D eigenvalue weighted by Gasteiger charge is 2.30. The minimum Gasteiger partial charge on any atom is -0.481 e. The van der Waals surface area contributed by atoms with Crippen molar-refractivity contribution in [3.63, 3.8) is 0 Å². The zero-order valence-electron chi connectivity index (χ0n) is 12.3. The zero-order chi connectivity index (χ0) is 15.8. The number of carbonyl (C=O) groups is 1. The molecular formula is C15H19NO5. The molecule has 6 heteroatoms. The molecule has 2 aromatic rings. The summed E-state index contributed by atoms with van der Waals surface area (Å²) in [7, 11) is 0. The fourth-order valence-corrected chi connectivity index (χ4v) is 2.28. The van der Waals surface area contributed by atoms with Gasteiger partial charge in [-0.25, -0.2) is 4.79 Å². The topological polar surface area (TPSA) is 92.7 Å². The van der Waals surface area contributed by atoms with E-state index in [2.05, 4.69) is 0 Å². The second kappa shape index (κ2) is 5.37. The number of aliphatic carboxylic acids is 1. The Kier molecular flexibility index (Phi) is 3.91. The first-order valence-electron chi connectivity index (χ1n) is 6.81. The Hall–Kier alpha value is -2.08. The van der Waals surface area contributed by atoms with Crippen molar-refractivity contribution in [2.45, 2.75) is 39.8 Å². The molecule has 1 unspecified atom stereocenters. The molecule has 2 N–H and O–H groups in total. The van der Waals surface area contributed by atoms with Crippen LogP contribution in [0.4, 0.5) is 0 Å². The molecule has 0 radical (unpaired) electrons. The van der Waals surface area contributed by atoms with E-state index in [1.165, 1.54) is 4.57 Å².